The average molecular weight is 464 g/mol. The van der Waals surface area contributed by atoms with Crippen molar-refractivity contribution < 1.29 is 9.47 Å². The summed E-state index contributed by atoms with van der Waals surface area (Å²) < 4.78 is 11.6. The quantitative estimate of drug-likeness (QED) is 0.247. The van der Waals surface area contributed by atoms with Crippen LogP contribution in [0, 0.1) is 6.92 Å². The lowest BCUT2D eigenvalue weighted by molar-refractivity contribution is 0.0494. The van der Waals surface area contributed by atoms with Gasteiger partial charge in [0, 0.05) is 30.8 Å². The first-order valence-corrected chi connectivity index (χ1v) is 12.7. The molecule has 0 aliphatic heterocycles. The van der Waals surface area contributed by atoms with Crippen molar-refractivity contribution in [2.75, 3.05) is 28.0 Å². The molecular formula is C29H38NO2P. The van der Waals surface area contributed by atoms with E-state index in [1.54, 1.807) is 7.11 Å². The Balaban J connectivity index is 2.06. The number of para-hydroxylation sites is 1. The summed E-state index contributed by atoms with van der Waals surface area (Å²) in [7, 11) is 6.60. The minimum absolute atomic E-state index is 0.0387. The lowest BCUT2D eigenvalue weighted by atomic mass is 9.92. The molecule has 176 valence electrons. The van der Waals surface area contributed by atoms with Crippen molar-refractivity contribution in [2.45, 2.75) is 45.3 Å². The van der Waals surface area contributed by atoms with E-state index >= 15 is 0 Å². The first kappa shape index (κ1) is 25.4. The van der Waals surface area contributed by atoms with E-state index in [0.717, 1.165) is 25.1 Å². The van der Waals surface area contributed by atoms with Crippen molar-refractivity contribution in [2.24, 2.45) is 0 Å². The summed E-state index contributed by atoms with van der Waals surface area (Å²) in [5.41, 5.74) is 6.54. The summed E-state index contributed by atoms with van der Waals surface area (Å²) in [6.07, 6.45) is 1.87. The summed E-state index contributed by atoms with van der Waals surface area (Å²) >= 11 is 0. The highest BCUT2D eigenvalue weighted by atomic mass is 31.1. The molecule has 0 radical (unpaired) electrons. The number of methoxy groups -OCH3 is 1. The molecule has 0 saturated carbocycles. The minimum atomic E-state index is -0.0387. The zero-order chi connectivity index (χ0) is 23.8. The Labute approximate surface area is 201 Å². The van der Waals surface area contributed by atoms with Crippen molar-refractivity contribution in [3.8, 4) is 5.75 Å². The Morgan fingerprint density at radius 2 is 1.61 bits per heavy atom. The number of ether oxygens (including phenoxy) is 2. The number of benzene rings is 3. The standard InChI is InChI=1S/C29H38NO2P/c1-7-29(3,33-28-22(2)13-11-17-25(28)20-30(4)5)26-18-12-16-24(27(26)32-21-31-6)19-23-14-9-8-10-15-23/h8-18,33H,7,19-21H2,1-6H3. The van der Waals surface area contributed by atoms with E-state index in [2.05, 4.69) is 106 Å². The van der Waals surface area contributed by atoms with Gasteiger partial charge in [0.2, 0.25) is 0 Å². The molecule has 3 rings (SSSR count). The first-order chi connectivity index (χ1) is 15.9. The maximum absolute atomic E-state index is 6.27. The van der Waals surface area contributed by atoms with Crippen molar-refractivity contribution in [1.29, 1.82) is 0 Å². The lowest BCUT2D eigenvalue weighted by Crippen LogP contribution is -2.25. The van der Waals surface area contributed by atoms with Crippen LogP contribution in [0.4, 0.5) is 0 Å². The van der Waals surface area contributed by atoms with Crippen LogP contribution in [0.15, 0.2) is 66.7 Å². The van der Waals surface area contributed by atoms with Gasteiger partial charge in [-0.05, 0) is 55.0 Å². The van der Waals surface area contributed by atoms with Gasteiger partial charge in [0.15, 0.2) is 6.79 Å². The molecule has 0 spiro atoms. The zero-order valence-electron chi connectivity index (χ0n) is 20.9. The highest BCUT2D eigenvalue weighted by molar-refractivity contribution is 7.48. The van der Waals surface area contributed by atoms with Crippen molar-refractivity contribution in [3.63, 3.8) is 0 Å². The van der Waals surface area contributed by atoms with Crippen molar-refractivity contribution >= 4 is 13.9 Å². The number of aryl methyl sites for hydroxylation is 1. The fourth-order valence-electron chi connectivity index (χ4n) is 4.26. The van der Waals surface area contributed by atoms with Gasteiger partial charge in [-0.25, -0.2) is 0 Å². The van der Waals surface area contributed by atoms with Gasteiger partial charge < -0.3 is 14.4 Å². The summed E-state index contributed by atoms with van der Waals surface area (Å²) in [5.74, 6) is 0.975. The van der Waals surface area contributed by atoms with Gasteiger partial charge in [0.1, 0.15) is 5.75 Å². The molecule has 0 fully saturated rings. The second kappa shape index (κ2) is 11.8. The van der Waals surface area contributed by atoms with Crippen LogP contribution in [-0.2, 0) is 22.9 Å². The number of rotatable bonds is 11. The molecule has 0 aliphatic rings. The molecule has 3 aromatic rings. The lowest BCUT2D eigenvalue weighted by Gasteiger charge is -2.33. The second-order valence-corrected chi connectivity index (χ2v) is 11.0. The number of nitrogens with zero attached hydrogens (tertiary/aromatic N) is 1. The third-order valence-corrected chi connectivity index (χ3v) is 8.34. The summed E-state index contributed by atoms with van der Waals surface area (Å²) in [6.45, 7) is 8.12. The van der Waals surface area contributed by atoms with Crippen LogP contribution in [0.3, 0.4) is 0 Å². The van der Waals surface area contributed by atoms with E-state index < -0.39 is 0 Å². The molecule has 0 aromatic heterocycles. The molecule has 3 nitrogen and oxygen atoms in total. The van der Waals surface area contributed by atoms with Crippen LogP contribution in [0.1, 0.15) is 48.1 Å². The van der Waals surface area contributed by atoms with E-state index in [1.807, 2.05) is 0 Å². The van der Waals surface area contributed by atoms with Crippen LogP contribution in [-0.4, -0.2) is 32.9 Å². The van der Waals surface area contributed by atoms with Gasteiger partial charge in [0.25, 0.3) is 0 Å². The van der Waals surface area contributed by atoms with Crippen molar-refractivity contribution in [1.82, 2.24) is 4.90 Å². The molecule has 33 heavy (non-hydrogen) atoms. The predicted octanol–water partition coefficient (Wildman–Crippen LogP) is 6.26. The average Bonchev–Trinajstić information content (AvgIpc) is 2.80. The van der Waals surface area contributed by atoms with Crippen LogP contribution in [0.5, 0.6) is 5.75 Å². The Morgan fingerprint density at radius 1 is 0.909 bits per heavy atom. The van der Waals surface area contributed by atoms with E-state index in [4.69, 9.17) is 9.47 Å². The van der Waals surface area contributed by atoms with Gasteiger partial charge in [-0.3, -0.25) is 0 Å². The minimum Gasteiger partial charge on any atom is -0.467 e. The third-order valence-electron chi connectivity index (χ3n) is 6.20. The van der Waals surface area contributed by atoms with Gasteiger partial charge in [0.05, 0.1) is 0 Å². The summed E-state index contributed by atoms with van der Waals surface area (Å²) in [5, 5.41) is 1.44. The predicted molar refractivity (Wildman–Crippen MR) is 142 cm³/mol. The molecular weight excluding hydrogens is 425 g/mol. The van der Waals surface area contributed by atoms with Gasteiger partial charge >= 0.3 is 0 Å². The largest absolute Gasteiger partial charge is 0.467 e. The maximum atomic E-state index is 6.27. The Morgan fingerprint density at radius 3 is 2.27 bits per heavy atom. The van der Waals surface area contributed by atoms with Crippen LogP contribution in [0.25, 0.3) is 0 Å². The monoisotopic (exact) mass is 463 g/mol. The van der Waals surface area contributed by atoms with Gasteiger partial charge in [-0.2, -0.15) is 0 Å². The Bertz CT molecular complexity index is 1040. The molecule has 0 bridgehead atoms. The Hall–Kier alpha value is -2.19. The normalized spacial score (nSPS) is 13.5. The highest BCUT2D eigenvalue weighted by Gasteiger charge is 2.31. The SMILES string of the molecule is CCC(C)(Pc1c(C)cccc1CN(C)C)c1cccc(Cc2ccccc2)c1OCOC. The fraction of sp³-hybridized carbons (Fsp3) is 0.379. The molecule has 2 atom stereocenters. The summed E-state index contributed by atoms with van der Waals surface area (Å²) in [4.78, 5) is 2.25. The second-order valence-electron chi connectivity index (χ2n) is 9.16. The van der Waals surface area contributed by atoms with E-state index in [-0.39, 0.29) is 11.9 Å². The topological polar surface area (TPSA) is 21.7 Å². The van der Waals surface area contributed by atoms with Crippen LogP contribution < -0.4 is 10.0 Å². The number of hydrogen-bond donors (Lipinski definition) is 0. The molecule has 4 heteroatoms. The van der Waals surface area contributed by atoms with Crippen molar-refractivity contribution in [3.05, 3.63) is 94.5 Å². The van der Waals surface area contributed by atoms with Crippen LogP contribution in [0.2, 0.25) is 0 Å². The van der Waals surface area contributed by atoms with Crippen LogP contribution >= 0.6 is 8.58 Å². The zero-order valence-corrected chi connectivity index (χ0v) is 21.9. The molecule has 0 saturated heterocycles. The molecule has 2 unspecified atom stereocenters. The molecule has 3 aromatic carbocycles. The van der Waals surface area contributed by atoms with E-state index in [9.17, 15) is 0 Å². The third kappa shape index (κ3) is 6.44. The molecule has 0 amide bonds. The first-order valence-electron chi connectivity index (χ1n) is 11.7. The highest BCUT2D eigenvalue weighted by Crippen LogP contribution is 2.49. The van der Waals surface area contributed by atoms with E-state index in [1.165, 1.54) is 33.1 Å². The molecule has 0 aliphatic carbocycles. The maximum Gasteiger partial charge on any atom is 0.188 e. The van der Waals surface area contributed by atoms with Gasteiger partial charge in [-0.15, -0.1) is 0 Å². The molecule has 0 heterocycles. The van der Waals surface area contributed by atoms with E-state index in [0.29, 0.717) is 8.58 Å². The summed E-state index contributed by atoms with van der Waals surface area (Å²) in [6, 6.07) is 23.9. The fourth-order valence-corrected chi connectivity index (χ4v) is 5.93. The van der Waals surface area contributed by atoms with Gasteiger partial charge in [-0.1, -0.05) is 89.2 Å². The Kier molecular flexibility index (Phi) is 9.09. The molecule has 0 N–H and O–H groups in total. The number of hydrogen-bond acceptors (Lipinski definition) is 3. The smallest absolute Gasteiger partial charge is 0.188 e.